The number of carboxylic acids is 1. The van der Waals surface area contributed by atoms with E-state index in [1.54, 1.807) is 20.8 Å². The second-order valence-electron chi connectivity index (χ2n) is 4.18. The zero-order chi connectivity index (χ0) is 11.9. The Balaban J connectivity index is 3.81. The average molecular weight is 212 g/mol. The Labute approximate surface area is 90.9 Å². The number of hydrogen-bond donors (Lipinski definition) is 2. The largest absolute Gasteiger partial charge is 0.481 e. The van der Waals surface area contributed by atoms with E-state index in [4.69, 9.17) is 10.8 Å². The number of allylic oxidation sites excluding steroid dienone is 1. The molecule has 3 N–H and O–H groups in total. The smallest absolute Gasteiger partial charge is 0.309 e. The van der Waals surface area contributed by atoms with Crippen LogP contribution in [0.4, 0.5) is 0 Å². The van der Waals surface area contributed by atoms with Crippen LogP contribution in [0.3, 0.4) is 0 Å². The van der Waals surface area contributed by atoms with Crippen LogP contribution in [0.2, 0.25) is 0 Å². The maximum absolute atomic E-state index is 10.8. The minimum Gasteiger partial charge on any atom is -0.481 e. The third-order valence-corrected chi connectivity index (χ3v) is 2.03. The van der Waals surface area contributed by atoms with Gasteiger partial charge in [-0.15, -0.1) is 0 Å². The summed E-state index contributed by atoms with van der Waals surface area (Å²) in [5, 5.41) is 8.84. The highest BCUT2D eigenvalue weighted by atomic mass is 16.4. The van der Waals surface area contributed by atoms with Crippen molar-refractivity contribution >= 4 is 11.8 Å². The number of hydrogen-bond acceptors (Lipinski definition) is 2. The molecule has 0 aliphatic carbocycles. The van der Waals surface area contributed by atoms with E-state index >= 15 is 0 Å². The molecule has 0 heterocycles. The Morgan fingerprint density at radius 3 is 2.53 bits per heavy atom. The average Bonchev–Trinajstić information content (AvgIpc) is 2.10. The molecule has 15 heavy (non-hydrogen) atoms. The molecule has 0 radical (unpaired) electrons. The zero-order valence-electron chi connectivity index (χ0n) is 9.66. The highest BCUT2D eigenvalue weighted by molar-refractivity contribution is 5.77. The van der Waals surface area contributed by atoms with Gasteiger partial charge in [0.05, 0.1) is 11.3 Å². The molecule has 0 bridgehead atoms. The minimum atomic E-state index is -0.775. The van der Waals surface area contributed by atoms with E-state index in [1.165, 1.54) is 0 Å². The van der Waals surface area contributed by atoms with Crippen molar-refractivity contribution in [1.29, 1.82) is 0 Å². The first-order chi connectivity index (χ1) is 6.86. The number of nitrogens with zero attached hydrogens (tertiary/aromatic N) is 1. The van der Waals surface area contributed by atoms with Crippen molar-refractivity contribution in [1.82, 2.24) is 0 Å². The molecule has 0 spiro atoms. The Bertz CT molecular complexity index is 264. The van der Waals surface area contributed by atoms with Crippen LogP contribution >= 0.6 is 0 Å². The predicted octanol–water partition coefficient (Wildman–Crippen LogP) is 1.81. The molecule has 0 atom stereocenters. The highest BCUT2D eigenvalue weighted by Gasteiger charge is 2.24. The fraction of sp³-hybridized carbons (Fsp3) is 0.636. The summed E-state index contributed by atoms with van der Waals surface area (Å²) in [7, 11) is 0. The number of aliphatic carboxylic acids is 1. The van der Waals surface area contributed by atoms with E-state index in [0.717, 1.165) is 6.42 Å². The number of carbonyl (C=O) groups is 1. The van der Waals surface area contributed by atoms with Gasteiger partial charge in [0.1, 0.15) is 0 Å². The van der Waals surface area contributed by atoms with Gasteiger partial charge in [0.15, 0.2) is 0 Å². The molecule has 0 amide bonds. The van der Waals surface area contributed by atoms with Crippen molar-refractivity contribution in [3.63, 3.8) is 0 Å². The lowest BCUT2D eigenvalue weighted by Crippen LogP contribution is -2.22. The Kier molecular flexibility index (Phi) is 5.67. The monoisotopic (exact) mass is 212 g/mol. The molecule has 0 saturated heterocycles. The molecular weight excluding hydrogens is 192 g/mol. The van der Waals surface area contributed by atoms with Crippen LogP contribution in [-0.2, 0) is 4.79 Å². The molecule has 0 aliphatic rings. The maximum Gasteiger partial charge on any atom is 0.309 e. The molecule has 0 rings (SSSR count). The molecule has 0 aromatic rings. The van der Waals surface area contributed by atoms with Crippen LogP contribution in [0, 0.1) is 5.41 Å². The first-order valence-corrected chi connectivity index (χ1v) is 5.01. The van der Waals surface area contributed by atoms with E-state index in [2.05, 4.69) is 4.99 Å². The van der Waals surface area contributed by atoms with Gasteiger partial charge in [0.2, 0.25) is 0 Å². The number of aliphatic imine (C=N–C) groups is 1. The van der Waals surface area contributed by atoms with Crippen molar-refractivity contribution in [2.45, 2.75) is 33.6 Å². The first-order valence-electron chi connectivity index (χ1n) is 5.01. The molecule has 0 aromatic heterocycles. The van der Waals surface area contributed by atoms with Gasteiger partial charge >= 0.3 is 5.97 Å². The number of nitrogens with two attached hydrogens (primary N) is 1. The van der Waals surface area contributed by atoms with Gasteiger partial charge in [-0.3, -0.25) is 9.79 Å². The molecule has 4 heteroatoms. The number of rotatable bonds is 6. The second-order valence-corrected chi connectivity index (χ2v) is 4.18. The molecule has 86 valence electrons. The SMILES string of the molecule is CC(N)=NCC/C=C\CC(C)(C)C(=O)O. The van der Waals surface area contributed by atoms with Crippen molar-refractivity contribution < 1.29 is 9.90 Å². The minimum absolute atomic E-state index is 0.535. The predicted molar refractivity (Wildman–Crippen MR) is 62.0 cm³/mol. The molecule has 0 unspecified atom stereocenters. The highest BCUT2D eigenvalue weighted by Crippen LogP contribution is 2.20. The quantitative estimate of drug-likeness (QED) is 0.305. The summed E-state index contributed by atoms with van der Waals surface area (Å²) in [5.41, 5.74) is 4.67. The van der Waals surface area contributed by atoms with E-state index in [9.17, 15) is 4.79 Å². The molecule has 0 aromatic carbocycles. The van der Waals surface area contributed by atoms with Gasteiger partial charge in [-0.2, -0.15) is 0 Å². The number of amidine groups is 1. The summed E-state index contributed by atoms with van der Waals surface area (Å²) in [6.07, 6.45) is 5.16. The first kappa shape index (κ1) is 13.7. The molecule has 0 saturated carbocycles. The van der Waals surface area contributed by atoms with E-state index in [0.29, 0.717) is 18.8 Å². The van der Waals surface area contributed by atoms with Crippen LogP contribution in [0.5, 0.6) is 0 Å². The maximum atomic E-state index is 10.8. The standard InChI is InChI=1S/C11H20N2O2/c1-9(12)13-8-6-4-5-7-11(2,3)10(14)15/h4-5H,6-8H2,1-3H3,(H2,12,13)(H,14,15)/b5-4-. The normalized spacial score (nSPS) is 13.4. The summed E-state index contributed by atoms with van der Waals surface area (Å²) in [6.45, 7) is 5.83. The van der Waals surface area contributed by atoms with E-state index in [-0.39, 0.29) is 0 Å². The third-order valence-electron chi connectivity index (χ3n) is 2.03. The summed E-state index contributed by atoms with van der Waals surface area (Å²) < 4.78 is 0. The van der Waals surface area contributed by atoms with Crippen LogP contribution in [-0.4, -0.2) is 23.5 Å². The summed E-state index contributed by atoms with van der Waals surface area (Å²) in [4.78, 5) is 14.8. The number of carboxylic acid groups (broad SMARTS) is 1. The van der Waals surface area contributed by atoms with Gasteiger partial charge in [0.25, 0.3) is 0 Å². The third kappa shape index (κ3) is 6.71. The summed E-state index contributed by atoms with van der Waals surface area (Å²) in [6, 6.07) is 0. The molecule has 0 aliphatic heterocycles. The van der Waals surface area contributed by atoms with Crippen LogP contribution in [0.25, 0.3) is 0 Å². The lowest BCUT2D eigenvalue weighted by atomic mass is 9.89. The fourth-order valence-corrected chi connectivity index (χ4v) is 0.899. The van der Waals surface area contributed by atoms with Crippen molar-refractivity contribution in [3.8, 4) is 0 Å². The van der Waals surface area contributed by atoms with Gasteiger partial charge in [0, 0.05) is 6.54 Å². The van der Waals surface area contributed by atoms with E-state index < -0.39 is 11.4 Å². The van der Waals surface area contributed by atoms with Gasteiger partial charge in [-0.1, -0.05) is 12.2 Å². The topological polar surface area (TPSA) is 75.7 Å². The van der Waals surface area contributed by atoms with Gasteiger partial charge in [-0.25, -0.2) is 0 Å². The van der Waals surface area contributed by atoms with Crippen molar-refractivity contribution in [2.24, 2.45) is 16.1 Å². The zero-order valence-corrected chi connectivity index (χ0v) is 9.66. The lowest BCUT2D eigenvalue weighted by molar-refractivity contribution is -0.146. The van der Waals surface area contributed by atoms with Crippen molar-refractivity contribution in [3.05, 3.63) is 12.2 Å². The summed E-state index contributed by atoms with van der Waals surface area (Å²) >= 11 is 0. The van der Waals surface area contributed by atoms with Gasteiger partial charge < -0.3 is 10.8 Å². The lowest BCUT2D eigenvalue weighted by Gasteiger charge is -2.15. The Morgan fingerprint density at radius 1 is 1.47 bits per heavy atom. The molecule has 0 fully saturated rings. The fourth-order valence-electron chi connectivity index (χ4n) is 0.899. The second kappa shape index (κ2) is 6.22. The molecular formula is C11H20N2O2. The molecule has 4 nitrogen and oxygen atoms in total. The van der Waals surface area contributed by atoms with Crippen LogP contribution < -0.4 is 5.73 Å². The van der Waals surface area contributed by atoms with Gasteiger partial charge in [-0.05, 0) is 33.6 Å². The summed E-state index contributed by atoms with van der Waals surface area (Å²) in [5.74, 6) is -0.197. The van der Waals surface area contributed by atoms with Crippen molar-refractivity contribution in [2.75, 3.05) is 6.54 Å². The Hall–Kier alpha value is -1.32. The van der Waals surface area contributed by atoms with E-state index in [1.807, 2.05) is 12.2 Å². The van der Waals surface area contributed by atoms with Crippen LogP contribution in [0.1, 0.15) is 33.6 Å². The van der Waals surface area contributed by atoms with Crippen LogP contribution in [0.15, 0.2) is 17.1 Å². The Morgan fingerprint density at radius 2 is 2.07 bits per heavy atom.